The van der Waals surface area contributed by atoms with Gasteiger partial charge in [-0.2, -0.15) is 0 Å². The summed E-state index contributed by atoms with van der Waals surface area (Å²) < 4.78 is 6.11. The minimum absolute atomic E-state index is 0.212. The van der Waals surface area contributed by atoms with Crippen LogP contribution in [0.1, 0.15) is 68.6 Å². The number of esters is 1. The fourth-order valence-electron chi connectivity index (χ4n) is 1.92. The van der Waals surface area contributed by atoms with Crippen molar-refractivity contribution in [2.24, 2.45) is 0 Å². The first-order chi connectivity index (χ1) is 9.25. The number of ether oxygens (including phenoxy) is 1. The Morgan fingerprint density at radius 3 is 2.37 bits per heavy atom. The van der Waals surface area contributed by atoms with Gasteiger partial charge >= 0.3 is 5.97 Å². The Kier molecular flexibility index (Phi) is 9.18. The topological polar surface area (TPSA) is 26.3 Å². The zero-order chi connectivity index (χ0) is 13.9. The summed E-state index contributed by atoms with van der Waals surface area (Å²) in [5.41, 5.74) is 0.643. The third-order valence-corrected chi connectivity index (χ3v) is 4.76. The molecule has 1 aromatic heterocycles. The van der Waals surface area contributed by atoms with E-state index in [9.17, 15) is 4.79 Å². The van der Waals surface area contributed by atoms with E-state index in [0.717, 1.165) is 16.6 Å². The highest BCUT2D eigenvalue weighted by Crippen LogP contribution is 2.24. The quantitative estimate of drug-likeness (QED) is 0.394. The van der Waals surface area contributed by atoms with Crippen LogP contribution in [0.2, 0.25) is 0 Å². The molecule has 0 aromatic carbocycles. The third kappa shape index (κ3) is 7.11. The summed E-state index contributed by atoms with van der Waals surface area (Å²) in [4.78, 5) is 11.7. The molecule has 108 valence electrons. The van der Waals surface area contributed by atoms with Crippen molar-refractivity contribution in [1.29, 1.82) is 0 Å². The lowest BCUT2D eigenvalue weighted by Crippen LogP contribution is -2.05. The molecule has 0 radical (unpaired) electrons. The fourth-order valence-corrected chi connectivity index (χ4v) is 3.14. The number of hydrogen-bond donors (Lipinski definition) is 0. The van der Waals surface area contributed by atoms with Crippen LogP contribution in [0.25, 0.3) is 0 Å². The van der Waals surface area contributed by atoms with Crippen LogP contribution in [0.15, 0.2) is 15.2 Å². The second-order valence-corrected chi connectivity index (χ2v) is 6.95. The molecule has 0 amide bonds. The zero-order valence-electron chi connectivity index (χ0n) is 11.6. The van der Waals surface area contributed by atoms with Gasteiger partial charge in [0.05, 0.1) is 16.0 Å². The van der Waals surface area contributed by atoms with Gasteiger partial charge in [0, 0.05) is 0 Å². The van der Waals surface area contributed by atoms with Crippen molar-refractivity contribution in [3.05, 3.63) is 20.8 Å². The predicted molar refractivity (Wildman–Crippen MR) is 84.9 cm³/mol. The highest BCUT2D eigenvalue weighted by molar-refractivity contribution is 9.11. The first kappa shape index (κ1) is 16.7. The smallest absolute Gasteiger partial charge is 0.340 e. The van der Waals surface area contributed by atoms with Gasteiger partial charge in [0.2, 0.25) is 0 Å². The van der Waals surface area contributed by atoms with E-state index in [4.69, 9.17) is 4.74 Å². The summed E-state index contributed by atoms with van der Waals surface area (Å²) in [6.07, 6.45) is 10.0. The predicted octanol–water partition coefficient (Wildman–Crippen LogP) is 5.81. The molecule has 0 aliphatic heterocycles. The fraction of sp³-hybridized carbons (Fsp3) is 0.667. The van der Waals surface area contributed by atoms with E-state index in [1.807, 2.05) is 5.38 Å². The van der Waals surface area contributed by atoms with Gasteiger partial charge in [-0.25, -0.2) is 4.79 Å². The summed E-state index contributed by atoms with van der Waals surface area (Å²) in [5, 5.41) is 1.89. The zero-order valence-corrected chi connectivity index (χ0v) is 14.0. The van der Waals surface area contributed by atoms with Gasteiger partial charge in [-0.05, 0) is 33.8 Å². The minimum atomic E-state index is -0.212. The molecule has 1 rings (SSSR count). The second kappa shape index (κ2) is 10.4. The van der Waals surface area contributed by atoms with Crippen LogP contribution in [0.4, 0.5) is 0 Å². The van der Waals surface area contributed by atoms with E-state index >= 15 is 0 Å². The molecule has 0 saturated carbocycles. The van der Waals surface area contributed by atoms with Crippen molar-refractivity contribution in [2.45, 2.75) is 58.3 Å². The largest absolute Gasteiger partial charge is 0.462 e. The number of carbonyl (C=O) groups excluding carboxylic acids is 1. The molecule has 0 saturated heterocycles. The van der Waals surface area contributed by atoms with Crippen LogP contribution in [0.3, 0.4) is 0 Å². The van der Waals surface area contributed by atoms with E-state index in [0.29, 0.717) is 12.2 Å². The number of unbranched alkanes of at least 4 members (excludes halogenated alkanes) is 7. The van der Waals surface area contributed by atoms with Gasteiger partial charge in [-0.15, -0.1) is 11.3 Å². The summed E-state index contributed by atoms with van der Waals surface area (Å²) in [5.74, 6) is -0.212. The average Bonchev–Trinajstić information content (AvgIpc) is 2.83. The molecule has 0 unspecified atom stereocenters. The Hall–Kier alpha value is -0.350. The second-order valence-electron chi connectivity index (χ2n) is 4.72. The number of halogens is 1. The van der Waals surface area contributed by atoms with E-state index in [1.54, 1.807) is 6.07 Å². The van der Waals surface area contributed by atoms with E-state index in [1.165, 1.54) is 49.9 Å². The Balaban J connectivity index is 1.96. The van der Waals surface area contributed by atoms with Gasteiger partial charge < -0.3 is 4.74 Å². The summed E-state index contributed by atoms with van der Waals surface area (Å²) >= 11 is 4.85. The molecule has 0 fully saturated rings. The number of thiophene rings is 1. The van der Waals surface area contributed by atoms with Gasteiger partial charge in [0.25, 0.3) is 0 Å². The van der Waals surface area contributed by atoms with Gasteiger partial charge in [0.1, 0.15) is 0 Å². The SMILES string of the molecule is CCCCCCCCCCOC(=O)c1ccsc1Br. The molecule has 0 N–H and O–H groups in total. The summed E-state index contributed by atoms with van der Waals surface area (Å²) in [7, 11) is 0. The molecule has 1 aromatic rings. The first-order valence-corrected chi connectivity index (χ1v) is 8.83. The van der Waals surface area contributed by atoms with Crippen LogP contribution in [-0.4, -0.2) is 12.6 Å². The third-order valence-electron chi connectivity index (χ3n) is 3.07. The Labute approximate surface area is 128 Å². The minimum Gasteiger partial charge on any atom is -0.462 e. The first-order valence-electron chi connectivity index (χ1n) is 7.15. The van der Waals surface area contributed by atoms with Crippen LogP contribution in [0.5, 0.6) is 0 Å². The van der Waals surface area contributed by atoms with Crippen LogP contribution >= 0.6 is 27.3 Å². The molecular weight excluding hydrogens is 324 g/mol. The lowest BCUT2D eigenvalue weighted by atomic mass is 10.1. The molecule has 1 heterocycles. The molecule has 0 spiro atoms. The van der Waals surface area contributed by atoms with Crippen molar-refractivity contribution in [2.75, 3.05) is 6.61 Å². The molecule has 0 atom stereocenters. The monoisotopic (exact) mass is 346 g/mol. The van der Waals surface area contributed by atoms with Gasteiger partial charge in [0.15, 0.2) is 0 Å². The number of rotatable bonds is 10. The van der Waals surface area contributed by atoms with Crippen molar-refractivity contribution >= 4 is 33.2 Å². The molecule has 0 aliphatic carbocycles. The van der Waals surface area contributed by atoms with Crippen LogP contribution < -0.4 is 0 Å². The summed E-state index contributed by atoms with van der Waals surface area (Å²) in [6.45, 7) is 2.77. The highest BCUT2D eigenvalue weighted by atomic mass is 79.9. The van der Waals surface area contributed by atoms with Crippen molar-refractivity contribution in [1.82, 2.24) is 0 Å². The van der Waals surface area contributed by atoms with Crippen LogP contribution in [0, 0.1) is 0 Å². The molecule has 2 nitrogen and oxygen atoms in total. The lowest BCUT2D eigenvalue weighted by molar-refractivity contribution is 0.0497. The number of carbonyl (C=O) groups is 1. The van der Waals surface area contributed by atoms with E-state index < -0.39 is 0 Å². The Bertz CT molecular complexity index is 363. The molecule has 0 aliphatic rings. The standard InChI is InChI=1S/C15H23BrO2S/c1-2-3-4-5-6-7-8-9-11-18-15(17)13-10-12-19-14(13)16/h10,12H,2-9,11H2,1H3. The summed E-state index contributed by atoms with van der Waals surface area (Å²) in [6, 6.07) is 1.80. The average molecular weight is 347 g/mol. The van der Waals surface area contributed by atoms with E-state index in [2.05, 4.69) is 22.9 Å². The van der Waals surface area contributed by atoms with E-state index in [-0.39, 0.29) is 5.97 Å². The van der Waals surface area contributed by atoms with Crippen molar-refractivity contribution < 1.29 is 9.53 Å². The molecular formula is C15H23BrO2S. The van der Waals surface area contributed by atoms with Crippen LogP contribution in [-0.2, 0) is 4.74 Å². The van der Waals surface area contributed by atoms with Gasteiger partial charge in [-0.1, -0.05) is 51.9 Å². The van der Waals surface area contributed by atoms with Gasteiger partial charge in [-0.3, -0.25) is 0 Å². The van der Waals surface area contributed by atoms with Crippen molar-refractivity contribution in [3.8, 4) is 0 Å². The number of hydrogen-bond acceptors (Lipinski definition) is 3. The molecule has 0 bridgehead atoms. The maximum absolute atomic E-state index is 11.7. The molecule has 4 heteroatoms. The highest BCUT2D eigenvalue weighted by Gasteiger charge is 2.11. The maximum Gasteiger partial charge on any atom is 0.340 e. The lowest BCUT2D eigenvalue weighted by Gasteiger charge is -2.04. The Morgan fingerprint density at radius 1 is 1.16 bits per heavy atom. The Morgan fingerprint density at radius 2 is 1.79 bits per heavy atom. The maximum atomic E-state index is 11.7. The molecule has 19 heavy (non-hydrogen) atoms. The normalized spacial score (nSPS) is 10.6. The van der Waals surface area contributed by atoms with Crippen molar-refractivity contribution in [3.63, 3.8) is 0 Å².